The molecule has 1 aliphatic heterocycles. The van der Waals surface area contributed by atoms with Gasteiger partial charge in [0.1, 0.15) is 5.75 Å². The van der Waals surface area contributed by atoms with E-state index in [0.29, 0.717) is 11.5 Å². The number of ether oxygens (including phenoxy) is 1. The third-order valence-electron chi connectivity index (χ3n) is 7.27. The van der Waals surface area contributed by atoms with Crippen molar-refractivity contribution < 1.29 is 14.9 Å². The number of aliphatic hydroxyl groups excluding tert-OH is 2. The molecular weight excluding hydrogens is 374 g/mol. The molecule has 30 heavy (non-hydrogen) atoms. The molecule has 1 saturated carbocycles. The van der Waals surface area contributed by atoms with Gasteiger partial charge < -0.3 is 14.9 Å². The molecule has 164 valence electrons. The Morgan fingerprint density at radius 3 is 2.20 bits per heavy atom. The van der Waals surface area contributed by atoms with Gasteiger partial charge in [0.05, 0.1) is 19.3 Å². The predicted octanol–water partition coefficient (Wildman–Crippen LogP) is 4.61. The molecule has 0 aromatic heterocycles. The van der Waals surface area contributed by atoms with Crippen LogP contribution in [0.4, 0.5) is 0 Å². The Labute approximate surface area is 180 Å². The fourth-order valence-corrected chi connectivity index (χ4v) is 5.21. The maximum absolute atomic E-state index is 9.46. The SMILES string of the molecule is CC(C)(C)C1CCC(Oc2ccc3cc(CN4CC(CO)(CO)C4)ccc3c2)CC1. The van der Waals surface area contributed by atoms with Crippen molar-refractivity contribution in [1.29, 1.82) is 0 Å². The number of aliphatic hydroxyl groups is 2. The molecule has 0 amide bonds. The average Bonchev–Trinajstić information content (AvgIpc) is 2.70. The largest absolute Gasteiger partial charge is 0.490 e. The molecule has 4 nitrogen and oxygen atoms in total. The summed E-state index contributed by atoms with van der Waals surface area (Å²) >= 11 is 0. The number of benzene rings is 2. The molecule has 0 unspecified atom stereocenters. The molecule has 1 heterocycles. The molecule has 2 aromatic rings. The van der Waals surface area contributed by atoms with Crippen LogP contribution < -0.4 is 4.74 Å². The Bertz CT molecular complexity index is 852. The second-order valence-electron chi connectivity index (χ2n) is 10.8. The van der Waals surface area contributed by atoms with Crippen LogP contribution in [0.2, 0.25) is 0 Å². The van der Waals surface area contributed by atoms with E-state index in [0.717, 1.165) is 44.1 Å². The Kier molecular flexibility index (Phi) is 6.11. The number of rotatable bonds is 6. The van der Waals surface area contributed by atoms with Gasteiger partial charge in [0, 0.05) is 25.0 Å². The highest BCUT2D eigenvalue weighted by atomic mass is 16.5. The van der Waals surface area contributed by atoms with E-state index < -0.39 is 0 Å². The molecule has 2 aliphatic rings. The second-order valence-corrected chi connectivity index (χ2v) is 10.8. The van der Waals surface area contributed by atoms with Crippen molar-refractivity contribution in [2.45, 2.75) is 59.1 Å². The lowest BCUT2D eigenvalue weighted by molar-refractivity contribution is -0.0786. The van der Waals surface area contributed by atoms with Crippen molar-refractivity contribution in [1.82, 2.24) is 4.90 Å². The summed E-state index contributed by atoms with van der Waals surface area (Å²) in [7, 11) is 0. The first-order valence-electron chi connectivity index (χ1n) is 11.4. The number of nitrogens with zero attached hydrogens (tertiary/aromatic N) is 1. The zero-order valence-electron chi connectivity index (χ0n) is 18.7. The van der Waals surface area contributed by atoms with E-state index in [2.05, 4.69) is 62.1 Å². The summed E-state index contributed by atoms with van der Waals surface area (Å²) in [5, 5.41) is 21.4. The molecule has 2 N–H and O–H groups in total. The highest BCUT2D eigenvalue weighted by molar-refractivity contribution is 5.84. The van der Waals surface area contributed by atoms with Crippen LogP contribution in [0, 0.1) is 16.7 Å². The van der Waals surface area contributed by atoms with E-state index in [1.807, 2.05) is 0 Å². The van der Waals surface area contributed by atoms with Crippen LogP contribution in [0.5, 0.6) is 5.75 Å². The van der Waals surface area contributed by atoms with Gasteiger partial charge in [-0.15, -0.1) is 0 Å². The standard InChI is InChI=1S/C26H37NO3/c1-25(2,3)22-7-10-23(11-8-22)30-24-9-6-20-12-19(4-5-21(20)13-24)14-27-15-26(16-27,17-28)18-29/h4-6,9,12-13,22-23,28-29H,7-8,10-11,14-18H2,1-3H3. The van der Waals surface area contributed by atoms with E-state index in [-0.39, 0.29) is 18.6 Å². The first-order chi connectivity index (χ1) is 14.3. The summed E-state index contributed by atoms with van der Waals surface area (Å²) in [6, 6.07) is 13.0. The minimum Gasteiger partial charge on any atom is -0.490 e. The summed E-state index contributed by atoms with van der Waals surface area (Å²) in [6.45, 7) is 9.53. The Morgan fingerprint density at radius 1 is 0.933 bits per heavy atom. The van der Waals surface area contributed by atoms with Crippen LogP contribution in [-0.4, -0.2) is 47.5 Å². The van der Waals surface area contributed by atoms with E-state index in [9.17, 15) is 10.2 Å². The maximum Gasteiger partial charge on any atom is 0.120 e. The van der Waals surface area contributed by atoms with E-state index in [1.165, 1.54) is 29.2 Å². The zero-order chi connectivity index (χ0) is 21.4. The molecular formula is C26H37NO3. The van der Waals surface area contributed by atoms with Gasteiger partial charge in [0.25, 0.3) is 0 Å². The fraction of sp³-hybridized carbons (Fsp3) is 0.615. The van der Waals surface area contributed by atoms with E-state index in [1.54, 1.807) is 0 Å². The van der Waals surface area contributed by atoms with Crippen molar-refractivity contribution in [2.24, 2.45) is 16.7 Å². The van der Waals surface area contributed by atoms with Gasteiger partial charge in [-0.25, -0.2) is 0 Å². The Hall–Kier alpha value is -1.62. The topological polar surface area (TPSA) is 52.9 Å². The molecule has 1 aliphatic carbocycles. The lowest BCUT2D eigenvalue weighted by atomic mass is 9.72. The quantitative estimate of drug-likeness (QED) is 0.729. The highest BCUT2D eigenvalue weighted by Gasteiger charge is 2.41. The zero-order valence-corrected chi connectivity index (χ0v) is 18.7. The summed E-state index contributed by atoms with van der Waals surface area (Å²) in [6.07, 6.45) is 5.16. The van der Waals surface area contributed by atoms with Crippen LogP contribution in [0.3, 0.4) is 0 Å². The van der Waals surface area contributed by atoms with Gasteiger partial charge in [-0.2, -0.15) is 0 Å². The Morgan fingerprint density at radius 2 is 1.57 bits per heavy atom. The molecule has 2 fully saturated rings. The third kappa shape index (κ3) is 4.66. The van der Waals surface area contributed by atoms with E-state index in [4.69, 9.17) is 4.74 Å². The maximum atomic E-state index is 9.46. The first-order valence-corrected chi connectivity index (χ1v) is 11.4. The van der Waals surface area contributed by atoms with E-state index >= 15 is 0 Å². The lowest BCUT2D eigenvalue weighted by Crippen LogP contribution is -2.59. The number of hydrogen-bond donors (Lipinski definition) is 2. The third-order valence-corrected chi connectivity index (χ3v) is 7.27. The molecule has 1 saturated heterocycles. The average molecular weight is 412 g/mol. The van der Waals surface area contributed by atoms with Crippen LogP contribution in [0.1, 0.15) is 52.0 Å². The van der Waals surface area contributed by atoms with Crippen molar-refractivity contribution in [3.05, 3.63) is 42.0 Å². The predicted molar refractivity (Wildman–Crippen MR) is 122 cm³/mol. The number of likely N-dealkylation sites (tertiary alicyclic amines) is 1. The number of fused-ring (bicyclic) bond motifs is 1. The van der Waals surface area contributed by atoms with Crippen molar-refractivity contribution in [2.75, 3.05) is 26.3 Å². The molecule has 2 aromatic carbocycles. The van der Waals surface area contributed by atoms with Gasteiger partial charge in [-0.05, 0) is 71.6 Å². The van der Waals surface area contributed by atoms with Crippen LogP contribution >= 0.6 is 0 Å². The van der Waals surface area contributed by atoms with Gasteiger partial charge >= 0.3 is 0 Å². The Balaban J connectivity index is 1.35. The molecule has 0 spiro atoms. The first kappa shape index (κ1) is 21.6. The monoisotopic (exact) mass is 411 g/mol. The van der Waals surface area contributed by atoms with Crippen LogP contribution in [0.15, 0.2) is 36.4 Å². The molecule has 4 heteroatoms. The van der Waals surface area contributed by atoms with Gasteiger partial charge in [-0.1, -0.05) is 39.0 Å². The molecule has 0 radical (unpaired) electrons. The summed E-state index contributed by atoms with van der Waals surface area (Å²) in [5.74, 6) is 1.78. The van der Waals surface area contributed by atoms with Gasteiger partial charge in [-0.3, -0.25) is 4.90 Å². The van der Waals surface area contributed by atoms with Crippen LogP contribution in [-0.2, 0) is 6.54 Å². The lowest BCUT2D eigenvalue weighted by Gasteiger charge is -2.48. The van der Waals surface area contributed by atoms with Gasteiger partial charge in [0.2, 0.25) is 0 Å². The fourth-order valence-electron chi connectivity index (χ4n) is 5.21. The number of hydrogen-bond acceptors (Lipinski definition) is 4. The van der Waals surface area contributed by atoms with Crippen LogP contribution in [0.25, 0.3) is 10.8 Å². The summed E-state index contributed by atoms with van der Waals surface area (Å²) in [5.41, 5.74) is 1.36. The highest BCUT2D eigenvalue weighted by Crippen LogP contribution is 2.39. The second kappa shape index (κ2) is 8.49. The molecule has 0 bridgehead atoms. The smallest absolute Gasteiger partial charge is 0.120 e. The van der Waals surface area contributed by atoms with Crippen molar-refractivity contribution in [3.63, 3.8) is 0 Å². The minimum atomic E-state index is -0.310. The summed E-state index contributed by atoms with van der Waals surface area (Å²) in [4.78, 5) is 2.28. The minimum absolute atomic E-state index is 0.0539. The normalized spacial score (nSPS) is 24.6. The summed E-state index contributed by atoms with van der Waals surface area (Å²) < 4.78 is 6.34. The van der Waals surface area contributed by atoms with Crippen molar-refractivity contribution >= 4 is 10.8 Å². The molecule has 0 atom stereocenters. The van der Waals surface area contributed by atoms with Gasteiger partial charge in [0.15, 0.2) is 0 Å². The van der Waals surface area contributed by atoms with Crippen molar-refractivity contribution in [3.8, 4) is 5.75 Å². The molecule has 4 rings (SSSR count).